The highest BCUT2D eigenvalue weighted by Crippen LogP contribution is 2.22. The van der Waals surface area contributed by atoms with Gasteiger partial charge in [0.2, 0.25) is 17.6 Å². The molecule has 2 saturated heterocycles. The van der Waals surface area contributed by atoms with Gasteiger partial charge in [-0.05, 0) is 80.7 Å². The summed E-state index contributed by atoms with van der Waals surface area (Å²) in [4.78, 5) is 22.2. The minimum absolute atomic E-state index is 0.0317. The van der Waals surface area contributed by atoms with Crippen LogP contribution in [0.25, 0.3) is 11.4 Å². The molecule has 0 saturated carbocycles. The van der Waals surface area contributed by atoms with Crippen LogP contribution in [0.4, 0.5) is 0 Å². The van der Waals surface area contributed by atoms with Gasteiger partial charge < -0.3 is 9.84 Å². The molecule has 2 aliphatic rings. The number of rotatable bonds is 8. The van der Waals surface area contributed by atoms with Crippen molar-refractivity contribution in [2.24, 2.45) is 5.92 Å². The summed E-state index contributed by atoms with van der Waals surface area (Å²) in [5, 5.41) is 7.92. The second-order valence-corrected chi connectivity index (χ2v) is 10.4. The van der Waals surface area contributed by atoms with Gasteiger partial charge in [-0.15, -0.1) is 0 Å². The number of carbonyl (C=O) groups excluding carboxylic acids is 1. The molecule has 5 rings (SSSR count). The van der Waals surface area contributed by atoms with Crippen molar-refractivity contribution in [1.29, 1.82) is 0 Å². The molecule has 190 valence electrons. The standard InChI is InChI=1S/C28H34ClN5O2/c29-25-12-10-23(11-13-25)27-31-26(36-32-27)20-34-16-4-5-24(19-34)28(35)30-17-21-6-8-22(9-7-21)18-33-14-2-1-3-15-33/h6-13,24H,1-5,14-20H2,(H,30,35). The Morgan fingerprint density at radius 3 is 2.42 bits per heavy atom. The van der Waals surface area contributed by atoms with Crippen molar-refractivity contribution in [3.8, 4) is 11.4 Å². The van der Waals surface area contributed by atoms with Crippen LogP contribution in [0.1, 0.15) is 49.1 Å². The Morgan fingerprint density at radius 1 is 0.917 bits per heavy atom. The summed E-state index contributed by atoms with van der Waals surface area (Å²) in [5.41, 5.74) is 3.35. The van der Waals surface area contributed by atoms with Crippen molar-refractivity contribution in [3.05, 3.63) is 70.6 Å². The third kappa shape index (κ3) is 6.72. The van der Waals surface area contributed by atoms with Crippen LogP contribution in [0.15, 0.2) is 53.1 Å². The maximum absolute atomic E-state index is 12.9. The number of likely N-dealkylation sites (tertiary alicyclic amines) is 2. The number of hydrogen-bond acceptors (Lipinski definition) is 6. The van der Waals surface area contributed by atoms with Crippen molar-refractivity contribution in [1.82, 2.24) is 25.3 Å². The summed E-state index contributed by atoms with van der Waals surface area (Å²) in [5.74, 6) is 1.20. The number of amides is 1. The summed E-state index contributed by atoms with van der Waals surface area (Å²) >= 11 is 5.96. The molecule has 7 nitrogen and oxygen atoms in total. The van der Waals surface area contributed by atoms with E-state index in [0.29, 0.717) is 36.4 Å². The van der Waals surface area contributed by atoms with Gasteiger partial charge in [-0.2, -0.15) is 4.98 Å². The first-order valence-electron chi connectivity index (χ1n) is 13.0. The number of benzene rings is 2. The topological polar surface area (TPSA) is 74.5 Å². The Kier molecular flexibility index (Phi) is 8.31. The number of hydrogen-bond donors (Lipinski definition) is 1. The van der Waals surface area contributed by atoms with E-state index >= 15 is 0 Å². The van der Waals surface area contributed by atoms with Gasteiger partial charge in [-0.25, -0.2) is 0 Å². The summed E-state index contributed by atoms with van der Waals surface area (Å²) in [7, 11) is 0. The average Bonchev–Trinajstić information content (AvgIpc) is 3.37. The highest BCUT2D eigenvalue weighted by Gasteiger charge is 2.27. The van der Waals surface area contributed by atoms with Gasteiger partial charge >= 0.3 is 0 Å². The monoisotopic (exact) mass is 507 g/mol. The molecule has 0 bridgehead atoms. The average molecular weight is 508 g/mol. The Balaban J connectivity index is 1.09. The van der Waals surface area contributed by atoms with E-state index in [4.69, 9.17) is 16.1 Å². The summed E-state index contributed by atoms with van der Waals surface area (Å²) in [6, 6.07) is 16.0. The zero-order chi connectivity index (χ0) is 24.7. The highest BCUT2D eigenvalue weighted by molar-refractivity contribution is 6.30. The Labute approximate surface area is 217 Å². The molecule has 2 fully saturated rings. The molecule has 0 aliphatic carbocycles. The van der Waals surface area contributed by atoms with Crippen molar-refractivity contribution >= 4 is 17.5 Å². The molecule has 1 unspecified atom stereocenters. The number of carbonyl (C=O) groups is 1. The van der Waals surface area contributed by atoms with Crippen LogP contribution >= 0.6 is 11.6 Å². The molecule has 0 spiro atoms. The smallest absolute Gasteiger partial charge is 0.241 e. The first-order chi connectivity index (χ1) is 17.6. The highest BCUT2D eigenvalue weighted by atomic mass is 35.5. The van der Waals surface area contributed by atoms with Crippen molar-refractivity contribution < 1.29 is 9.32 Å². The van der Waals surface area contributed by atoms with Crippen LogP contribution < -0.4 is 5.32 Å². The summed E-state index contributed by atoms with van der Waals surface area (Å²) < 4.78 is 5.47. The number of nitrogens with zero attached hydrogens (tertiary/aromatic N) is 4. The zero-order valence-electron chi connectivity index (χ0n) is 20.7. The molecule has 1 aromatic heterocycles. The molecular formula is C28H34ClN5O2. The molecule has 1 N–H and O–H groups in total. The third-order valence-corrected chi connectivity index (χ3v) is 7.40. The summed E-state index contributed by atoms with van der Waals surface area (Å²) in [6.45, 7) is 6.14. The van der Waals surface area contributed by atoms with Gasteiger partial charge in [-0.1, -0.05) is 47.4 Å². The van der Waals surface area contributed by atoms with Crippen LogP contribution in [0.2, 0.25) is 5.02 Å². The predicted octanol–water partition coefficient (Wildman–Crippen LogP) is 4.90. The number of piperidine rings is 2. The minimum Gasteiger partial charge on any atom is -0.352 e. The summed E-state index contributed by atoms with van der Waals surface area (Å²) in [6.07, 6.45) is 5.85. The Hall–Kier alpha value is -2.74. The maximum Gasteiger partial charge on any atom is 0.241 e. The van der Waals surface area contributed by atoms with Crippen molar-refractivity contribution in [2.75, 3.05) is 26.2 Å². The molecule has 3 aromatic rings. The molecule has 0 radical (unpaired) electrons. The van der Waals surface area contributed by atoms with Gasteiger partial charge in [0.25, 0.3) is 0 Å². The fourth-order valence-electron chi connectivity index (χ4n) is 5.11. The Morgan fingerprint density at radius 2 is 1.64 bits per heavy atom. The van der Waals surface area contributed by atoms with E-state index in [1.807, 2.05) is 24.3 Å². The quantitative estimate of drug-likeness (QED) is 0.467. The lowest BCUT2D eigenvalue weighted by Crippen LogP contribution is -2.42. The molecule has 8 heteroatoms. The molecule has 3 heterocycles. The number of aromatic nitrogens is 2. The second kappa shape index (κ2) is 12.0. The SMILES string of the molecule is O=C(NCc1ccc(CN2CCCCC2)cc1)C1CCCN(Cc2nc(-c3ccc(Cl)cc3)no2)C1. The van der Waals surface area contributed by atoms with E-state index in [-0.39, 0.29) is 11.8 Å². The van der Waals surface area contributed by atoms with E-state index in [0.717, 1.165) is 37.1 Å². The molecule has 36 heavy (non-hydrogen) atoms. The van der Waals surface area contributed by atoms with E-state index in [1.54, 1.807) is 0 Å². The lowest BCUT2D eigenvalue weighted by molar-refractivity contribution is -0.127. The van der Waals surface area contributed by atoms with Crippen LogP contribution in [0.3, 0.4) is 0 Å². The van der Waals surface area contributed by atoms with Gasteiger partial charge in [0.1, 0.15) is 0 Å². The first-order valence-corrected chi connectivity index (χ1v) is 13.4. The van der Waals surface area contributed by atoms with Gasteiger partial charge in [0.05, 0.1) is 12.5 Å². The second-order valence-electron chi connectivity index (χ2n) is 9.96. The molecule has 1 amide bonds. The van der Waals surface area contributed by atoms with Crippen LogP contribution in [0.5, 0.6) is 0 Å². The minimum atomic E-state index is -0.0317. The fraction of sp³-hybridized carbons (Fsp3) is 0.464. The lowest BCUT2D eigenvalue weighted by Gasteiger charge is -2.30. The van der Waals surface area contributed by atoms with Crippen molar-refractivity contribution in [3.63, 3.8) is 0 Å². The van der Waals surface area contributed by atoms with Gasteiger partial charge in [0.15, 0.2) is 0 Å². The molecule has 2 aromatic carbocycles. The van der Waals surface area contributed by atoms with E-state index in [1.165, 1.54) is 37.9 Å². The predicted molar refractivity (Wildman–Crippen MR) is 140 cm³/mol. The molecular weight excluding hydrogens is 474 g/mol. The van der Waals surface area contributed by atoms with Gasteiger partial charge in [0, 0.05) is 30.2 Å². The van der Waals surface area contributed by atoms with E-state index in [2.05, 4.69) is 49.5 Å². The van der Waals surface area contributed by atoms with E-state index < -0.39 is 0 Å². The molecule has 2 aliphatic heterocycles. The number of nitrogens with one attached hydrogen (secondary N) is 1. The Bertz CT molecular complexity index is 1130. The van der Waals surface area contributed by atoms with Crippen molar-refractivity contribution in [2.45, 2.75) is 51.7 Å². The van der Waals surface area contributed by atoms with Crippen LogP contribution in [0, 0.1) is 5.92 Å². The van der Waals surface area contributed by atoms with Gasteiger partial charge in [-0.3, -0.25) is 14.6 Å². The third-order valence-electron chi connectivity index (χ3n) is 7.15. The largest absolute Gasteiger partial charge is 0.352 e. The van der Waals surface area contributed by atoms with Crippen LogP contribution in [-0.4, -0.2) is 52.0 Å². The fourth-order valence-corrected chi connectivity index (χ4v) is 5.24. The normalized spacial score (nSPS) is 19.3. The molecule has 1 atom stereocenters. The maximum atomic E-state index is 12.9. The van der Waals surface area contributed by atoms with E-state index in [9.17, 15) is 4.79 Å². The number of halogens is 1. The van der Waals surface area contributed by atoms with Crippen LogP contribution in [-0.2, 0) is 24.4 Å². The lowest BCUT2D eigenvalue weighted by atomic mass is 9.97. The first kappa shape index (κ1) is 24.9. The zero-order valence-corrected chi connectivity index (χ0v) is 21.4.